The standard InChI is InChI=1S/C18H15ClN6/c19-14-5-3-12(4-6-14)10-25-18-15(9-24-25)17(22-11-23-18)16(20)13-2-1-7-21-8-13/h1-9,11,16H,10,20H2. The van der Waals surface area contributed by atoms with Crippen LogP contribution in [-0.4, -0.2) is 24.7 Å². The Morgan fingerprint density at radius 1 is 1.08 bits per heavy atom. The predicted molar refractivity (Wildman–Crippen MR) is 96.1 cm³/mol. The number of aromatic nitrogens is 5. The highest BCUT2D eigenvalue weighted by Crippen LogP contribution is 2.24. The van der Waals surface area contributed by atoms with Crippen LogP contribution in [-0.2, 0) is 6.54 Å². The number of hydrogen-bond acceptors (Lipinski definition) is 5. The van der Waals surface area contributed by atoms with E-state index in [1.807, 2.05) is 41.1 Å². The van der Waals surface area contributed by atoms with Crippen LogP contribution in [0.25, 0.3) is 11.0 Å². The van der Waals surface area contributed by atoms with E-state index in [-0.39, 0.29) is 6.04 Å². The Bertz CT molecular complexity index is 997. The molecule has 0 spiro atoms. The number of nitrogens with zero attached hydrogens (tertiary/aromatic N) is 5. The van der Waals surface area contributed by atoms with Gasteiger partial charge in [-0.2, -0.15) is 5.10 Å². The Kier molecular flexibility index (Phi) is 4.13. The lowest BCUT2D eigenvalue weighted by Crippen LogP contribution is -2.14. The van der Waals surface area contributed by atoms with E-state index in [4.69, 9.17) is 17.3 Å². The number of nitrogens with two attached hydrogens (primary N) is 1. The molecule has 0 radical (unpaired) electrons. The van der Waals surface area contributed by atoms with E-state index in [9.17, 15) is 0 Å². The average molecular weight is 351 g/mol. The van der Waals surface area contributed by atoms with E-state index in [0.29, 0.717) is 11.6 Å². The maximum Gasteiger partial charge on any atom is 0.161 e. The highest BCUT2D eigenvalue weighted by Gasteiger charge is 2.17. The molecule has 25 heavy (non-hydrogen) atoms. The first kappa shape index (κ1) is 15.7. The zero-order chi connectivity index (χ0) is 17.2. The summed E-state index contributed by atoms with van der Waals surface area (Å²) in [6.07, 6.45) is 6.75. The summed E-state index contributed by atoms with van der Waals surface area (Å²) in [5, 5.41) is 6.01. The first-order chi connectivity index (χ1) is 12.2. The molecule has 0 amide bonds. The van der Waals surface area contributed by atoms with Gasteiger partial charge >= 0.3 is 0 Å². The molecule has 3 aromatic heterocycles. The van der Waals surface area contributed by atoms with E-state index in [1.54, 1.807) is 18.6 Å². The minimum atomic E-state index is -0.382. The van der Waals surface area contributed by atoms with Gasteiger partial charge < -0.3 is 5.73 Å². The summed E-state index contributed by atoms with van der Waals surface area (Å²) in [7, 11) is 0. The normalized spacial score (nSPS) is 12.4. The lowest BCUT2D eigenvalue weighted by molar-refractivity contribution is 0.703. The fourth-order valence-electron chi connectivity index (χ4n) is 2.76. The number of halogens is 1. The fourth-order valence-corrected chi connectivity index (χ4v) is 2.88. The van der Waals surface area contributed by atoms with E-state index < -0.39 is 0 Å². The van der Waals surface area contributed by atoms with Crippen molar-refractivity contribution in [2.45, 2.75) is 12.6 Å². The number of hydrogen-bond donors (Lipinski definition) is 1. The molecule has 1 atom stereocenters. The third-order valence-corrected chi connectivity index (χ3v) is 4.30. The second kappa shape index (κ2) is 6.58. The number of benzene rings is 1. The van der Waals surface area contributed by atoms with Crippen molar-refractivity contribution in [3.63, 3.8) is 0 Å². The quantitative estimate of drug-likeness (QED) is 0.611. The molecule has 2 N–H and O–H groups in total. The van der Waals surface area contributed by atoms with Gasteiger partial charge in [-0.25, -0.2) is 14.6 Å². The molecule has 4 rings (SSSR count). The zero-order valence-electron chi connectivity index (χ0n) is 13.2. The second-order valence-corrected chi connectivity index (χ2v) is 6.13. The molecule has 0 aliphatic carbocycles. The lowest BCUT2D eigenvalue weighted by atomic mass is 10.0. The monoisotopic (exact) mass is 350 g/mol. The summed E-state index contributed by atoms with van der Waals surface area (Å²) < 4.78 is 1.83. The molecule has 1 unspecified atom stereocenters. The number of rotatable bonds is 4. The van der Waals surface area contributed by atoms with Crippen LogP contribution in [0.2, 0.25) is 5.02 Å². The highest BCUT2D eigenvalue weighted by atomic mass is 35.5. The van der Waals surface area contributed by atoms with Crippen LogP contribution in [0, 0.1) is 0 Å². The van der Waals surface area contributed by atoms with Gasteiger partial charge in [-0.05, 0) is 29.3 Å². The number of fused-ring (bicyclic) bond motifs is 1. The van der Waals surface area contributed by atoms with Crippen molar-refractivity contribution < 1.29 is 0 Å². The second-order valence-electron chi connectivity index (χ2n) is 5.69. The third-order valence-electron chi connectivity index (χ3n) is 4.05. The van der Waals surface area contributed by atoms with Crippen molar-refractivity contribution in [3.05, 3.63) is 83.2 Å². The molecule has 0 aliphatic rings. The van der Waals surface area contributed by atoms with Gasteiger partial charge in [-0.3, -0.25) is 4.98 Å². The van der Waals surface area contributed by atoms with Crippen LogP contribution in [0.15, 0.2) is 61.3 Å². The molecule has 0 saturated carbocycles. The van der Waals surface area contributed by atoms with Crippen molar-refractivity contribution in [2.24, 2.45) is 5.73 Å². The molecular weight excluding hydrogens is 336 g/mol. The molecule has 4 aromatic rings. The minimum absolute atomic E-state index is 0.382. The molecule has 3 heterocycles. The molecule has 7 heteroatoms. The predicted octanol–water partition coefficient (Wildman–Crippen LogP) is 2.97. The SMILES string of the molecule is NC(c1cccnc1)c1ncnc2c1cnn2Cc1ccc(Cl)cc1. The van der Waals surface area contributed by atoms with Gasteiger partial charge in [0.25, 0.3) is 0 Å². The van der Waals surface area contributed by atoms with Crippen molar-refractivity contribution in [2.75, 3.05) is 0 Å². The maximum absolute atomic E-state index is 6.38. The fraction of sp³-hybridized carbons (Fsp3) is 0.111. The van der Waals surface area contributed by atoms with Gasteiger partial charge in [-0.1, -0.05) is 29.8 Å². The van der Waals surface area contributed by atoms with Gasteiger partial charge in [0.05, 0.1) is 29.9 Å². The van der Waals surface area contributed by atoms with Gasteiger partial charge in [0.2, 0.25) is 0 Å². The first-order valence-electron chi connectivity index (χ1n) is 7.79. The summed E-state index contributed by atoms with van der Waals surface area (Å²) in [6, 6.07) is 11.1. The van der Waals surface area contributed by atoms with Crippen molar-refractivity contribution in [3.8, 4) is 0 Å². The Morgan fingerprint density at radius 2 is 1.92 bits per heavy atom. The Hall–Kier alpha value is -2.83. The van der Waals surface area contributed by atoms with Gasteiger partial charge in [-0.15, -0.1) is 0 Å². The summed E-state index contributed by atoms with van der Waals surface area (Å²) in [5.74, 6) is 0. The van der Waals surface area contributed by atoms with Crippen molar-refractivity contribution in [1.82, 2.24) is 24.7 Å². The van der Waals surface area contributed by atoms with E-state index in [1.165, 1.54) is 6.33 Å². The van der Waals surface area contributed by atoms with Crippen LogP contribution in [0.4, 0.5) is 0 Å². The number of pyridine rings is 1. The van der Waals surface area contributed by atoms with E-state index in [0.717, 1.165) is 27.9 Å². The summed E-state index contributed by atoms with van der Waals surface area (Å²) in [4.78, 5) is 12.9. The largest absolute Gasteiger partial charge is 0.319 e. The van der Waals surface area contributed by atoms with Gasteiger partial charge in [0.15, 0.2) is 5.65 Å². The van der Waals surface area contributed by atoms with E-state index in [2.05, 4.69) is 20.1 Å². The van der Waals surface area contributed by atoms with Crippen LogP contribution < -0.4 is 5.73 Å². The lowest BCUT2D eigenvalue weighted by Gasteiger charge is -2.11. The molecule has 124 valence electrons. The summed E-state index contributed by atoms with van der Waals surface area (Å²) in [6.45, 7) is 0.596. The summed E-state index contributed by atoms with van der Waals surface area (Å²) >= 11 is 5.94. The van der Waals surface area contributed by atoms with Gasteiger partial charge in [0, 0.05) is 17.4 Å². The van der Waals surface area contributed by atoms with Crippen LogP contribution in [0.5, 0.6) is 0 Å². The van der Waals surface area contributed by atoms with E-state index >= 15 is 0 Å². The van der Waals surface area contributed by atoms with Crippen LogP contribution >= 0.6 is 11.6 Å². The Labute approximate surface area is 149 Å². The molecule has 1 aromatic carbocycles. The van der Waals surface area contributed by atoms with Crippen LogP contribution in [0.1, 0.15) is 22.9 Å². The Morgan fingerprint density at radius 3 is 2.68 bits per heavy atom. The van der Waals surface area contributed by atoms with Gasteiger partial charge in [0.1, 0.15) is 6.33 Å². The molecular formula is C18H15ClN6. The van der Waals surface area contributed by atoms with Crippen LogP contribution in [0.3, 0.4) is 0 Å². The van der Waals surface area contributed by atoms with Crippen molar-refractivity contribution >= 4 is 22.6 Å². The van der Waals surface area contributed by atoms with Crippen molar-refractivity contribution in [1.29, 1.82) is 0 Å². The molecule has 0 fully saturated rings. The summed E-state index contributed by atoms with van der Waals surface area (Å²) in [5.41, 5.74) is 9.85. The first-order valence-corrected chi connectivity index (χ1v) is 8.16. The topological polar surface area (TPSA) is 82.5 Å². The molecule has 0 bridgehead atoms. The third kappa shape index (κ3) is 3.09. The molecule has 6 nitrogen and oxygen atoms in total. The zero-order valence-corrected chi connectivity index (χ0v) is 14.0. The minimum Gasteiger partial charge on any atom is -0.319 e. The highest BCUT2D eigenvalue weighted by molar-refractivity contribution is 6.30. The molecule has 0 saturated heterocycles. The molecule has 0 aliphatic heterocycles. The smallest absolute Gasteiger partial charge is 0.161 e. The average Bonchev–Trinajstić information content (AvgIpc) is 3.07. The maximum atomic E-state index is 6.38. The Balaban J connectivity index is 1.72.